The van der Waals surface area contributed by atoms with Crippen molar-refractivity contribution in [1.82, 2.24) is 15.0 Å². The van der Waals surface area contributed by atoms with Gasteiger partial charge in [-0.3, -0.25) is 0 Å². The molecule has 7 aromatic carbocycles. The molecule has 0 radical (unpaired) electrons. The lowest BCUT2D eigenvalue weighted by Crippen LogP contribution is -1.96. The van der Waals surface area contributed by atoms with Gasteiger partial charge in [0.15, 0.2) is 5.82 Å². The Hall–Kier alpha value is -7.11. The Morgan fingerprint density at radius 1 is 0.365 bits per heavy atom. The van der Waals surface area contributed by atoms with Gasteiger partial charge in [-0.15, -0.1) is 0 Å². The van der Waals surface area contributed by atoms with Gasteiger partial charge in [-0.1, -0.05) is 115 Å². The van der Waals surface area contributed by atoms with Crippen molar-refractivity contribution >= 4 is 65.6 Å². The minimum atomic E-state index is 0.640. The molecule has 5 heteroatoms. The molecule has 52 heavy (non-hydrogen) atoms. The van der Waals surface area contributed by atoms with Gasteiger partial charge in [0.05, 0.1) is 22.6 Å². The zero-order valence-electron chi connectivity index (χ0n) is 27.7. The van der Waals surface area contributed by atoms with Gasteiger partial charge in [-0.05, 0) is 48.5 Å². The average molecular weight is 666 g/mol. The number of para-hydroxylation sites is 3. The second kappa shape index (κ2) is 11.2. The Morgan fingerprint density at radius 2 is 1.06 bits per heavy atom. The molecule has 4 aromatic heterocycles. The van der Waals surface area contributed by atoms with Crippen LogP contribution in [-0.4, -0.2) is 15.0 Å². The first kappa shape index (κ1) is 28.7. The van der Waals surface area contributed by atoms with E-state index in [9.17, 15) is 0 Å². The maximum Gasteiger partial charge on any atom is 0.160 e. The van der Waals surface area contributed by atoms with Crippen LogP contribution >= 0.6 is 0 Å². The molecule has 0 bridgehead atoms. The Kier molecular flexibility index (Phi) is 6.18. The highest BCUT2D eigenvalue weighted by Crippen LogP contribution is 2.44. The maximum absolute atomic E-state index is 6.83. The summed E-state index contributed by atoms with van der Waals surface area (Å²) in [5.41, 5.74) is 10.6. The number of benzene rings is 7. The van der Waals surface area contributed by atoms with E-state index in [1.54, 1.807) is 0 Å². The molecule has 0 aliphatic carbocycles. The first-order valence-corrected chi connectivity index (χ1v) is 17.4. The molecular weight excluding hydrogens is 639 g/mol. The van der Waals surface area contributed by atoms with Crippen LogP contribution in [0.25, 0.3) is 111 Å². The molecule has 0 saturated carbocycles. The van der Waals surface area contributed by atoms with E-state index in [2.05, 4.69) is 103 Å². The standard InChI is InChI=1S/C47H27N3O2/c1-3-12-28(13-4-1)45-35-24-25-41-44(43(35)33-17-7-9-20-37(33)48-45)36-19-11-18-34(46(36)52-41)39-27-38(49-47(50-39)29-14-5-2-6-15-29)30-22-23-32-31-16-8-10-21-40(31)51-42(32)26-30/h1-27H. The van der Waals surface area contributed by atoms with E-state index in [1.165, 1.54) is 0 Å². The van der Waals surface area contributed by atoms with E-state index in [0.717, 1.165) is 105 Å². The Labute approximate surface area is 297 Å². The molecule has 0 unspecified atom stereocenters. The number of nitrogens with zero attached hydrogens (tertiary/aromatic N) is 3. The van der Waals surface area contributed by atoms with E-state index >= 15 is 0 Å². The summed E-state index contributed by atoms with van der Waals surface area (Å²) in [4.78, 5) is 15.4. The minimum Gasteiger partial charge on any atom is -0.456 e. The Bertz CT molecular complexity index is 3180. The zero-order chi connectivity index (χ0) is 34.2. The highest BCUT2D eigenvalue weighted by atomic mass is 16.3. The van der Waals surface area contributed by atoms with Crippen molar-refractivity contribution in [2.24, 2.45) is 0 Å². The normalized spacial score (nSPS) is 11.8. The number of pyridine rings is 1. The number of hydrogen-bond donors (Lipinski definition) is 0. The molecule has 0 amide bonds. The van der Waals surface area contributed by atoms with Crippen LogP contribution in [0.2, 0.25) is 0 Å². The van der Waals surface area contributed by atoms with Crippen molar-refractivity contribution in [3.8, 4) is 45.2 Å². The van der Waals surface area contributed by atoms with Gasteiger partial charge in [0.2, 0.25) is 0 Å². The highest BCUT2D eigenvalue weighted by Gasteiger charge is 2.21. The number of hydrogen-bond acceptors (Lipinski definition) is 5. The quantitative estimate of drug-likeness (QED) is 0.175. The van der Waals surface area contributed by atoms with Crippen molar-refractivity contribution in [2.75, 3.05) is 0 Å². The molecule has 0 spiro atoms. The van der Waals surface area contributed by atoms with E-state index in [4.69, 9.17) is 23.8 Å². The minimum absolute atomic E-state index is 0.640. The first-order chi connectivity index (χ1) is 25.8. The molecule has 11 rings (SSSR count). The largest absolute Gasteiger partial charge is 0.456 e. The van der Waals surface area contributed by atoms with Gasteiger partial charge in [-0.25, -0.2) is 15.0 Å². The third-order valence-corrected chi connectivity index (χ3v) is 10.1. The summed E-state index contributed by atoms with van der Waals surface area (Å²) in [6.07, 6.45) is 0. The summed E-state index contributed by atoms with van der Waals surface area (Å²) < 4.78 is 13.1. The summed E-state index contributed by atoms with van der Waals surface area (Å²) >= 11 is 0. The summed E-state index contributed by atoms with van der Waals surface area (Å²) in [5.74, 6) is 0.640. The smallest absolute Gasteiger partial charge is 0.160 e. The first-order valence-electron chi connectivity index (χ1n) is 17.4. The molecule has 0 N–H and O–H groups in total. The molecule has 4 heterocycles. The summed E-state index contributed by atoms with van der Waals surface area (Å²) in [7, 11) is 0. The van der Waals surface area contributed by atoms with Crippen LogP contribution in [0.4, 0.5) is 0 Å². The summed E-state index contributed by atoms with van der Waals surface area (Å²) in [6.45, 7) is 0. The molecule has 0 aliphatic heterocycles. The Morgan fingerprint density at radius 3 is 1.92 bits per heavy atom. The van der Waals surface area contributed by atoms with Gasteiger partial charge in [0.25, 0.3) is 0 Å². The van der Waals surface area contributed by atoms with Gasteiger partial charge in [-0.2, -0.15) is 0 Å². The number of fused-ring (bicyclic) bond motifs is 10. The van der Waals surface area contributed by atoms with Gasteiger partial charge in [0.1, 0.15) is 22.3 Å². The third kappa shape index (κ3) is 4.39. The zero-order valence-corrected chi connectivity index (χ0v) is 27.7. The SMILES string of the molecule is c1ccc(-c2nc(-c3ccc4c(c3)oc3ccccc34)cc(-c3cccc4c3oc3ccc5c(-c6ccccc6)nc6ccccc6c5c34)n2)cc1. The second-order valence-electron chi connectivity index (χ2n) is 13.1. The number of rotatable bonds is 4. The Balaban J connectivity index is 1.17. The molecule has 0 saturated heterocycles. The highest BCUT2D eigenvalue weighted by molar-refractivity contribution is 6.29. The van der Waals surface area contributed by atoms with E-state index in [0.29, 0.717) is 5.82 Å². The van der Waals surface area contributed by atoms with Crippen molar-refractivity contribution in [1.29, 1.82) is 0 Å². The van der Waals surface area contributed by atoms with Crippen LogP contribution in [0.1, 0.15) is 0 Å². The van der Waals surface area contributed by atoms with Gasteiger partial charge < -0.3 is 8.83 Å². The van der Waals surface area contributed by atoms with Crippen LogP contribution in [-0.2, 0) is 0 Å². The predicted molar refractivity (Wildman–Crippen MR) is 211 cm³/mol. The third-order valence-electron chi connectivity index (χ3n) is 10.1. The fraction of sp³-hybridized carbons (Fsp3) is 0. The van der Waals surface area contributed by atoms with Gasteiger partial charge >= 0.3 is 0 Å². The summed E-state index contributed by atoms with van der Waals surface area (Å²) in [5, 5.41) is 7.58. The molecule has 5 nitrogen and oxygen atoms in total. The number of furan rings is 2. The van der Waals surface area contributed by atoms with Gasteiger partial charge in [0, 0.05) is 60.0 Å². The monoisotopic (exact) mass is 665 g/mol. The van der Waals surface area contributed by atoms with E-state index in [-0.39, 0.29) is 0 Å². The van der Waals surface area contributed by atoms with Crippen molar-refractivity contribution < 1.29 is 8.83 Å². The topological polar surface area (TPSA) is 65.0 Å². The van der Waals surface area contributed by atoms with Crippen LogP contribution in [0.5, 0.6) is 0 Å². The van der Waals surface area contributed by atoms with E-state index < -0.39 is 0 Å². The molecular formula is C47H27N3O2. The van der Waals surface area contributed by atoms with Crippen LogP contribution in [0.3, 0.4) is 0 Å². The fourth-order valence-corrected chi connectivity index (χ4v) is 7.68. The van der Waals surface area contributed by atoms with Crippen molar-refractivity contribution in [3.63, 3.8) is 0 Å². The lowest BCUT2D eigenvalue weighted by atomic mass is 9.95. The summed E-state index contributed by atoms with van der Waals surface area (Å²) in [6, 6.07) is 55.9. The lowest BCUT2D eigenvalue weighted by Gasteiger charge is -2.11. The fourth-order valence-electron chi connectivity index (χ4n) is 7.68. The number of aromatic nitrogens is 3. The second-order valence-corrected chi connectivity index (χ2v) is 13.1. The molecule has 0 atom stereocenters. The van der Waals surface area contributed by atoms with E-state index in [1.807, 2.05) is 60.7 Å². The molecule has 0 fully saturated rings. The molecule has 242 valence electrons. The maximum atomic E-state index is 6.83. The predicted octanol–water partition coefficient (Wildman–Crippen LogP) is 12.6. The van der Waals surface area contributed by atoms with Crippen LogP contribution in [0.15, 0.2) is 173 Å². The van der Waals surface area contributed by atoms with Crippen molar-refractivity contribution in [2.45, 2.75) is 0 Å². The van der Waals surface area contributed by atoms with Crippen LogP contribution in [0, 0.1) is 0 Å². The van der Waals surface area contributed by atoms with Crippen molar-refractivity contribution in [3.05, 3.63) is 164 Å². The van der Waals surface area contributed by atoms with Crippen LogP contribution < -0.4 is 0 Å². The average Bonchev–Trinajstić information content (AvgIpc) is 3.79. The lowest BCUT2D eigenvalue weighted by molar-refractivity contribution is 0.669. The molecule has 11 aromatic rings. The molecule has 0 aliphatic rings.